The van der Waals surface area contributed by atoms with Crippen molar-refractivity contribution in [1.29, 1.82) is 0 Å². The van der Waals surface area contributed by atoms with Crippen molar-refractivity contribution in [3.63, 3.8) is 0 Å². The van der Waals surface area contributed by atoms with E-state index >= 15 is 0 Å². The van der Waals surface area contributed by atoms with Crippen LogP contribution in [0.25, 0.3) is 6.08 Å². The van der Waals surface area contributed by atoms with Gasteiger partial charge in [0.15, 0.2) is 5.75 Å². The normalized spacial score (nSPS) is 10.7. The number of phenols is 2. The van der Waals surface area contributed by atoms with E-state index in [1.807, 2.05) is 13.8 Å². The van der Waals surface area contributed by atoms with Crippen molar-refractivity contribution in [2.75, 3.05) is 13.1 Å². The Bertz CT molecular complexity index is 550. The van der Waals surface area contributed by atoms with Gasteiger partial charge in [0.2, 0.25) is 11.7 Å². The zero-order valence-electron chi connectivity index (χ0n) is 11.2. The molecule has 0 radical (unpaired) electrons. The van der Waals surface area contributed by atoms with Gasteiger partial charge in [-0.05, 0) is 31.6 Å². The van der Waals surface area contributed by atoms with E-state index in [-0.39, 0.29) is 11.5 Å². The highest BCUT2D eigenvalue weighted by Crippen LogP contribution is 2.36. The molecule has 0 aromatic heterocycles. The van der Waals surface area contributed by atoms with Crippen LogP contribution >= 0.6 is 0 Å². The fourth-order valence-electron chi connectivity index (χ4n) is 1.67. The Balaban J connectivity index is 3.04. The summed E-state index contributed by atoms with van der Waals surface area (Å²) in [5, 5.41) is 29.5. The van der Waals surface area contributed by atoms with Gasteiger partial charge in [-0.2, -0.15) is 0 Å². The third-order valence-corrected chi connectivity index (χ3v) is 2.78. The van der Waals surface area contributed by atoms with Gasteiger partial charge >= 0.3 is 5.69 Å². The van der Waals surface area contributed by atoms with Crippen molar-refractivity contribution in [2.24, 2.45) is 0 Å². The number of phenolic OH excluding ortho intramolecular Hbond substituents is 2. The van der Waals surface area contributed by atoms with Crippen molar-refractivity contribution in [3.05, 3.63) is 33.9 Å². The monoisotopic (exact) mass is 280 g/mol. The molecule has 0 fully saturated rings. The molecule has 1 amide bonds. The molecule has 0 bridgehead atoms. The Hall–Kier alpha value is -2.57. The standard InChI is InChI=1S/C13H16N2O5/c1-3-14(4-2)12(17)6-5-9-7-10(15(19)20)13(18)11(16)8-9/h5-8,16,18H,3-4H2,1-2H3. The molecule has 1 aromatic rings. The number of likely N-dealkylation sites (N-methyl/N-ethyl adjacent to an activating group) is 1. The maximum Gasteiger partial charge on any atom is 0.315 e. The summed E-state index contributed by atoms with van der Waals surface area (Å²) >= 11 is 0. The molecule has 0 spiro atoms. The molecule has 0 aliphatic heterocycles. The molecule has 2 N–H and O–H groups in total. The minimum atomic E-state index is -0.807. The second-order valence-electron chi connectivity index (χ2n) is 4.01. The van der Waals surface area contributed by atoms with E-state index in [1.54, 1.807) is 4.90 Å². The third kappa shape index (κ3) is 3.47. The number of carbonyl (C=O) groups excluding carboxylic acids is 1. The van der Waals surface area contributed by atoms with Crippen LogP contribution < -0.4 is 0 Å². The van der Waals surface area contributed by atoms with Crippen LogP contribution in [0.15, 0.2) is 18.2 Å². The predicted molar refractivity (Wildman–Crippen MR) is 73.4 cm³/mol. The SMILES string of the molecule is CCN(CC)C(=O)C=Cc1cc(O)c(O)c([N+](=O)[O-])c1. The van der Waals surface area contributed by atoms with Crippen LogP contribution in [0.1, 0.15) is 19.4 Å². The van der Waals surface area contributed by atoms with Gasteiger partial charge in [-0.25, -0.2) is 0 Å². The number of hydrogen-bond acceptors (Lipinski definition) is 5. The number of nitrogens with zero attached hydrogens (tertiary/aromatic N) is 2. The Morgan fingerprint density at radius 3 is 2.45 bits per heavy atom. The van der Waals surface area contributed by atoms with E-state index in [0.717, 1.165) is 12.1 Å². The van der Waals surface area contributed by atoms with E-state index in [9.17, 15) is 25.1 Å². The zero-order chi connectivity index (χ0) is 15.3. The van der Waals surface area contributed by atoms with Gasteiger partial charge in [0, 0.05) is 25.2 Å². The maximum absolute atomic E-state index is 11.7. The molecule has 108 valence electrons. The molecule has 20 heavy (non-hydrogen) atoms. The minimum Gasteiger partial charge on any atom is -0.504 e. The fraction of sp³-hybridized carbons (Fsp3) is 0.308. The van der Waals surface area contributed by atoms with Crippen LogP contribution in [0.5, 0.6) is 11.5 Å². The first-order valence-electron chi connectivity index (χ1n) is 6.08. The number of carbonyl (C=O) groups is 1. The second kappa shape index (κ2) is 6.55. The number of amides is 1. The number of nitro groups is 1. The van der Waals surface area contributed by atoms with Gasteiger partial charge in [0.05, 0.1) is 4.92 Å². The first-order valence-corrected chi connectivity index (χ1v) is 6.08. The zero-order valence-corrected chi connectivity index (χ0v) is 11.2. The summed E-state index contributed by atoms with van der Waals surface area (Å²) < 4.78 is 0. The Kier molecular flexibility index (Phi) is 5.08. The van der Waals surface area contributed by atoms with Gasteiger partial charge < -0.3 is 15.1 Å². The minimum absolute atomic E-state index is 0.231. The molecule has 7 heteroatoms. The van der Waals surface area contributed by atoms with E-state index in [2.05, 4.69) is 0 Å². The Morgan fingerprint density at radius 2 is 1.95 bits per heavy atom. The van der Waals surface area contributed by atoms with Gasteiger partial charge in [0.25, 0.3) is 0 Å². The molecule has 0 unspecified atom stereocenters. The third-order valence-electron chi connectivity index (χ3n) is 2.78. The topological polar surface area (TPSA) is 104 Å². The largest absolute Gasteiger partial charge is 0.504 e. The molecule has 0 atom stereocenters. The lowest BCUT2D eigenvalue weighted by Gasteiger charge is -2.15. The van der Waals surface area contributed by atoms with Crippen molar-refractivity contribution in [3.8, 4) is 11.5 Å². The second-order valence-corrected chi connectivity index (χ2v) is 4.01. The molecule has 0 saturated carbocycles. The molecule has 0 heterocycles. The van der Waals surface area contributed by atoms with E-state index in [1.165, 1.54) is 12.2 Å². The number of hydrogen-bond donors (Lipinski definition) is 2. The molecular formula is C13H16N2O5. The van der Waals surface area contributed by atoms with E-state index < -0.39 is 22.1 Å². The number of nitro benzene ring substituents is 1. The summed E-state index contributed by atoms with van der Waals surface area (Å²) in [6.45, 7) is 4.79. The number of aromatic hydroxyl groups is 2. The molecule has 0 aliphatic rings. The van der Waals surface area contributed by atoms with Crippen LogP contribution in [-0.4, -0.2) is 39.0 Å². The molecule has 1 rings (SSSR count). The lowest BCUT2D eigenvalue weighted by molar-refractivity contribution is -0.386. The van der Waals surface area contributed by atoms with E-state index in [4.69, 9.17) is 0 Å². The lowest BCUT2D eigenvalue weighted by Crippen LogP contribution is -2.28. The molecule has 1 aromatic carbocycles. The van der Waals surface area contributed by atoms with Crippen molar-refractivity contribution >= 4 is 17.7 Å². The van der Waals surface area contributed by atoms with Gasteiger partial charge in [0.1, 0.15) is 0 Å². The highest BCUT2D eigenvalue weighted by molar-refractivity contribution is 5.92. The van der Waals surface area contributed by atoms with E-state index in [0.29, 0.717) is 13.1 Å². The summed E-state index contributed by atoms with van der Waals surface area (Å²) in [4.78, 5) is 23.2. The highest BCUT2D eigenvalue weighted by Gasteiger charge is 2.18. The maximum atomic E-state index is 11.7. The molecule has 0 aliphatic carbocycles. The average molecular weight is 280 g/mol. The number of rotatable bonds is 5. The highest BCUT2D eigenvalue weighted by atomic mass is 16.6. The Morgan fingerprint density at radius 1 is 1.35 bits per heavy atom. The van der Waals surface area contributed by atoms with Crippen LogP contribution in [0, 0.1) is 10.1 Å². The lowest BCUT2D eigenvalue weighted by atomic mass is 10.1. The van der Waals surface area contributed by atoms with Gasteiger partial charge in [-0.3, -0.25) is 14.9 Å². The van der Waals surface area contributed by atoms with Crippen molar-refractivity contribution in [1.82, 2.24) is 4.90 Å². The van der Waals surface area contributed by atoms with Gasteiger partial charge in [-0.15, -0.1) is 0 Å². The molecular weight excluding hydrogens is 264 g/mol. The van der Waals surface area contributed by atoms with Gasteiger partial charge in [-0.1, -0.05) is 0 Å². The smallest absolute Gasteiger partial charge is 0.315 e. The van der Waals surface area contributed by atoms with Crippen LogP contribution in [0.3, 0.4) is 0 Å². The van der Waals surface area contributed by atoms with Crippen LogP contribution in [-0.2, 0) is 4.79 Å². The summed E-state index contributed by atoms with van der Waals surface area (Å²) in [6.07, 6.45) is 2.62. The Labute approximate surface area is 115 Å². The van der Waals surface area contributed by atoms with Crippen molar-refractivity contribution in [2.45, 2.75) is 13.8 Å². The molecule has 7 nitrogen and oxygen atoms in total. The summed E-state index contributed by atoms with van der Waals surface area (Å²) in [5.74, 6) is -1.62. The first-order chi connectivity index (χ1) is 9.40. The molecule has 0 saturated heterocycles. The quantitative estimate of drug-likeness (QED) is 0.371. The average Bonchev–Trinajstić information content (AvgIpc) is 2.41. The summed E-state index contributed by atoms with van der Waals surface area (Å²) in [5.41, 5.74) is -0.354. The number of benzene rings is 1. The summed E-state index contributed by atoms with van der Waals surface area (Å²) in [6, 6.07) is 2.23. The fourth-order valence-corrected chi connectivity index (χ4v) is 1.67. The summed E-state index contributed by atoms with van der Waals surface area (Å²) in [7, 11) is 0. The van der Waals surface area contributed by atoms with Crippen LogP contribution in [0.2, 0.25) is 0 Å². The van der Waals surface area contributed by atoms with Crippen molar-refractivity contribution < 1.29 is 19.9 Å². The van der Waals surface area contributed by atoms with Crippen LogP contribution in [0.4, 0.5) is 5.69 Å². The first kappa shape index (κ1) is 15.5. The predicted octanol–water partition coefficient (Wildman–Crippen LogP) is 1.89.